The first kappa shape index (κ1) is 9.65. The van der Waals surface area contributed by atoms with Crippen molar-refractivity contribution in [2.75, 3.05) is 0 Å². The largest absolute Gasteiger partial charge is 0.197 e. The minimum absolute atomic E-state index is 0.261. The fourth-order valence-corrected chi connectivity index (χ4v) is 1.17. The first-order valence-corrected chi connectivity index (χ1v) is 4.41. The molecule has 1 nitrogen and oxygen atoms in total. The Bertz CT molecular complexity index is 379. The zero-order valence-corrected chi connectivity index (χ0v) is 7.80. The van der Waals surface area contributed by atoms with Crippen molar-refractivity contribution in [2.24, 2.45) is 0 Å². The van der Waals surface area contributed by atoms with Crippen molar-refractivity contribution in [3.05, 3.63) is 35.4 Å². The van der Waals surface area contributed by atoms with Gasteiger partial charge in [0.25, 0.3) is 0 Å². The van der Waals surface area contributed by atoms with Crippen molar-refractivity contribution in [1.82, 2.24) is 0 Å². The Balaban J connectivity index is 2.90. The van der Waals surface area contributed by atoms with Gasteiger partial charge in [-0.3, -0.25) is 0 Å². The molecule has 0 aliphatic rings. The third kappa shape index (κ3) is 2.82. The van der Waals surface area contributed by atoms with Crippen LogP contribution in [0.15, 0.2) is 24.3 Å². The second-order valence-electron chi connectivity index (χ2n) is 2.43. The van der Waals surface area contributed by atoms with Crippen molar-refractivity contribution < 1.29 is 0 Å². The second kappa shape index (κ2) is 5.25. The van der Waals surface area contributed by atoms with Crippen LogP contribution in [0.2, 0.25) is 0 Å². The number of nitriles is 1. The first-order chi connectivity index (χ1) is 6.38. The second-order valence-corrected chi connectivity index (χ2v) is 2.69. The molecule has 13 heavy (non-hydrogen) atoms. The number of hydrogen-bond acceptors (Lipinski definition) is 1. The van der Waals surface area contributed by atoms with Gasteiger partial charge in [0.05, 0.1) is 12.5 Å². The van der Waals surface area contributed by atoms with E-state index < -0.39 is 0 Å². The summed E-state index contributed by atoms with van der Waals surface area (Å²) in [6, 6.07) is 9.64. The lowest BCUT2D eigenvalue weighted by molar-refractivity contribution is 1.36. The van der Waals surface area contributed by atoms with Gasteiger partial charge in [-0.25, -0.2) is 0 Å². The van der Waals surface area contributed by atoms with Crippen LogP contribution >= 0.6 is 11.6 Å². The third-order valence-corrected chi connectivity index (χ3v) is 1.84. The smallest absolute Gasteiger partial charge is 0.0966 e. The lowest BCUT2D eigenvalue weighted by Crippen LogP contribution is -1.83. The highest BCUT2D eigenvalue weighted by atomic mass is 35.5. The third-order valence-electron chi connectivity index (χ3n) is 1.55. The average Bonchev–Trinajstić information content (AvgIpc) is 2.19. The summed E-state index contributed by atoms with van der Waals surface area (Å²) in [5.74, 6) is 6.12. The predicted molar refractivity (Wildman–Crippen MR) is 53.1 cm³/mol. The lowest BCUT2D eigenvalue weighted by atomic mass is 10.1. The summed E-state index contributed by atoms with van der Waals surface area (Å²) in [7, 11) is 0. The van der Waals surface area contributed by atoms with Crippen LogP contribution < -0.4 is 0 Å². The van der Waals surface area contributed by atoms with Crippen molar-refractivity contribution in [2.45, 2.75) is 12.3 Å². The highest BCUT2D eigenvalue weighted by molar-refractivity contribution is 6.17. The normalized spacial score (nSPS) is 8.31. The molecule has 1 aromatic carbocycles. The maximum atomic E-state index is 8.29. The van der Waals surface area contributed by atoms with Crippen LogP contribution in [-0.4, -0.2) is 0 Å². The molecule has 0 fully saturated rings. The monoisotopic (exact) mass is 189 g/mol. The van der Waals surface area contributed by atoms with Gasteiger partial charge in [0.2, 0.25) is 0 Å². The van der Waals surface area contributed by atoms with Crippen LogP contribution in [0.1, 0.15) is 17.5 Å². The lowest BCUT2D eigenvalue weighted by Gasteiger charge is -1.97. The summed E-state index contributed by atoms with van der Waals surface area (Å²) in [6.07, 6.45) is 0.261. The van der Waals surface area contributed by atoms with Crippen LogP contribution in [0.4, 0.5) is 0 Å². The van der Waals surface area contributed by atoms with E-state index in [-0.39, 0.29) is 6.42 Å². The maximum Gasteiger partial charge on any atom is 0.0966 e. The molecular weight excluding hydrogens is 182 g/mol. The zero-order chi connectivity index (χ0) is 9.52. The summed E-state index contributed by atoms with van der Waals surface area (Å²) in [4.78, 5) is 0. The molecule has 1 rings (SSSR count). The predicted octanol–water partition coefficient (Wildman–Crippen LogP) is 2.69. The number of hydrogen-bond donors (Lipinski definition) is 0. The molecule has 1 aromatic rings. The maximum absolute atomic E-state index is 8.29. The van der Waals surface area contributed by atoms with E-state index in [1.165, 1.54) is 0 Å². The Morgan fingerprint density at radius 2 is 2.08 bits per heavy atom. The number of alkyl halides is 1. The van der Waals surface area contributed by atoms with E-state index in [0.717, 1.165) is 11.1 Å². The fourth-order valence-electron chi connectivity index (χ4n) is 0.938. The van der Waals surface area contributed by atoms with Gasteiger partial charge in [-0.05, 0) is 11.6 Å². The number of rotatable bonds is 1. The van der Waals surface area contributed by atoms with E-state index in [1.807, 2.05) is 30.3 Å². The van der Waals surface area contributed by atoms with Gasteiger partial charge in [-0.1, -0.05) is 30.0 Å². The van der Waals surface area contributed by atoms with E-state index in [4.69, 9.17) is 16.9 Å². The molecule has 0 heterocycles. The molecule has 0 N–H and O–H groups in total. The van der Waals surface area contributed by atoms with Crippen LogP contribution in [-0.2, 0) is 5.88 Å². The molecular formula is C11H8ClN. The summed E-state index contributed by atoms with van der Waals surface area (Å²) in [5, 5.41) is 8.29. The zero-order valence-electron chi connectivity index (χ0n) is 7.05. The highest BCUT2D eigenvalue weighted by Crippen LogP contribution is 2.09. The molecule has 0 bridgehead atoms. The summed E-state index contributed by atoms with van der Waals surface area (Å²) in [6.45, 7) is 0. The standard InChI is InChI=1S/C11H8ClN/c12-9-11-7-2-1-5-10(11)6-3-4-8-13/h1-2,5,7H,4,9H2. The molecule has 0 atom stereocenters. The van der Waals surface area contributed by atoms with Gasteiger partial charge in [0.15, 0.2) is 0 Å². The Hall–Kier alpha value is -1.44. The van der Waals surface area contributed by atoms with Crippen LogP contribution in [0.25, 0.3) is 0 Å². The molecule has 0 amide bonds. The van der Waals surface area contributed by atoms with Gasteiger partial charge in [0.1, 0.15) is 0 Å². The topological polar surface area (TPSA) is 23.8 Å². The van der Waals surface area contributed by atoms with E-state index in [9.17, 15) is 0 Å². The fraction of sp³-hybridized carbons (Fsp3) is 0.182. The summed E-state index contributed by atoms with van der Waals surface area (Å²) in [5.41, 5.74) is 1.92. The molecule has 0 aliphatic heterocycles. The van der Waals surface area contributed by atoms with E-state index in [0.29, 0.717) is 5.88 Å². The number of nitrogens with zero attached hydrogens (tertiary/aromatic N) is 1. The molecule has 0 radical (unpaired) electrons. The average molecular weight is 190 g/mol. The number of benzene rings is 1. The SMILES string of the molecule is N#CCC#Cc1ccccc1CCl. The Labute approximate surface area is 83.0 Å². The van der Waals surface area contributed by atoms with Crippen LogP contribution in [0, 0.1) is 23.2 Å². The molecule has 2 heteroatoms. The molecule has 0 saturated carbocycles. The first-order valence-electron chi connectivity index (χ1n) is 3.88. The van der Waals surface area contributed by atoms with E-state index >= 15 is 0 Å². The minimum atomic E-state index is 0.261. The number of halogens is 1. The Morgan fingerprint density at radius 1 is 1.31 bits per heavy atom. The molecule has 0 aromatic heterocycles. The van der Waals surface area contributed by atoms with E-state index in [1.54, 1.807) is 0 Å². The molecule has 0 aliphatic carbocycles. The molecule has 0 unspecified atom stereocenters. The van der Waals surface area contributed by atoms with Crippen molar-refractivity contribution in [3.8, 4) is 17.9 Å². The molecule has 0 spiro atoms. The molecule has 64 valence electrons. The van der Waals surface area contributed by atoms with Gasteiger partial charge in [-0.2, -0.15) is 5.26 Å². The Kier molecular flexibility index (Phi) is 3.89. The van der Waals surface area contributed by atoms with Gasteiger partial charge in [0, 0.05) is 11.4 Å². The minimum Gasteiger partial charge on any atom is -0.197 e. The summed E-state index contributed by atoms with van der Waals surface area (Å²) < 4.78 is 0. The molecule has 0 saturated heterocycles. The van der Waals surface area contributed by atoms with E-state index in [2.05, 4.69) is 11.8 Å². The van der Waals surface area contributed by atoms with Crippen molar-refractivity contribution in [1.29, 1.82) is 5.26 Å². The van der Waals surface area contributed by atoms with Gasteiger partial charge in [-0.15, -0.1) is 11.6 Å². The van der Waals surface area contributed by atoms with Crippen LogP contribution in [0.3, 0.4) is 0 Å². The van der Waals surface area contributed by atoms with Crippen molar-refractivity contribution >= 4 is 11.6 Å². The van der Waals surface area contributed by atoms with Gasteiger partial charge < -0.3 is 0 Å². The summed E-state index contributed by atoms with van der Waals surface area (Å²) >= 11 is 5.71. The highest BCUT2D eigenvalue weighted by Gasteiger charge is 1.94. The van der Waals surface area contributed by atoms with Crippen molar-refractivity contribution in [3.63, 3.8) is 0 Å². The quantitative estimate of drug-likeness (QED) is 0.492. The van der Waals surface area contributed by atoms with Gasteiger partial charge >= 0.3 is 0 Å². The van der Waals surface area contributed by atoms with Crippen LogP contribution in [0.5, 0.6) is 0 Å². The Morgan fingerprint density at radius 3 is 2.77 bits per heavy atom.